The summed E-state index contributed by atoms with van der Waals surface area (Å²) >= 11 is 7.44. The number of hydrogen-bond acceptors (Lipinski definition) is 3. The summed E-state index contributed by atoms with van der Waals surface area (Å²) in [4.78, 5) is 4.29. The third-order valence-electron chi connectivity index (χ3n) is 4.33. The first-order valence-electron chi connectivity index (χ1n) is 8.08. The third-order valence-corrected chi connectivity index (χ3v) is 7.69. The Kier molecular flexibility index (Phi) is 4.99. The molecule has 3 aromatic rings. The van der Waals surface area contributed by atoms with Gasteiger partial charge in [-0.15, -0.1) is 11.3 Å². The van der Waals surface area contributed by atoms with Gasteiger partial charge in [-0.25, -0.2) is 13.1 Å². The predicted octanol–water partition coefficient (Wildman–Crippen LogP) is 4.70. The molecule has 0 unspecified atom stereocenters. The van der Waals surface area contributed by atoms with Crippen LogP contribution in [-0.4, -0.2) is 19.9 Å². The molecule has 0 aliphatic rings. The average Bonchev–Trinajstić information content (AvgIpc) is 3.20. The number of halogens is 1. The minimum absolute atomic E-state index is 0.300. The molecule has 134 valence electrons. The molecule has 2 aromatic heterocycles. The molecule has 0 atom stereocenters. The van der Waals surface area contributed by atoms with Crippen LogP contribution in [0.5, 0.6) is 0 Å². The number of fused-ring (bicyclic) bond motifs is 1. The Balaban J connectivity index is 1.84. The summed E-state index contributed by atoms with van der Waals surface area (Å²) in [5, 5.41) is 1.68. The van der Waals surface area contributed by atoms with Gasteiger partial charge in [-0.1, -0.05) is 32.4 Å². The molecule has 0 aliphatic heterocycles. The molecule has 0 aliphatic carbocycles. The Bertz CT molecular complexity index is 1000. The van der Waals surface area contributed by atoms with E-state index in [1.54, 1.807) is 6.07 Å². The first kappa shape index (κ1) is 18.5. The zero-order valence-electron chi connectivity index (χ0n) is 14.4. The molecule has 0 radical (unpaired) electrons. The van der Waals surface area contributed by atoms with E-state index in [0.717, 1.165) is 27.8 Å². The van der Waals surface area contributed by atoms with Gasteiger partial charge in [0.1, 0.15) is 4.21 Å². The maximum atomic E-state index is 12.6. The number of aromatic amines is 1. The number of nitrogens with one attached hydrogen (secondary N) is 2. The SMILES string of the molecule is CCc1ccc(S(=O)(=O)NCC(C)(C)c2c[nH]c3ccc(Cl)cc23)s1. The quantitative estimate of drug-likeness (QED) is 0.634. The van der Waals surface area contributed by atoms with Crippen LogP contribution >= 0.6 is 22.9 Å². The molecule has 1 aromatic carbocycles. The summed E-state index contributed by atoms with van der Waals surface area (Å²) in [7, 11) is -3.50. The summed E-state index contributed by atoms with van der Waals surface area (Å²) in [6.07, 6.45) is 2.76. The van der Waals surface area contributed by atoms with Crippen LogP contribution in [0.1, 0.15) is 31.2 Å². The van der Waals surface area contributed by atoms with Gasteiger partial charge in [-0.3, -0.25) is 0 Å². The molecule has 7 heteroatoms. The molecule has 2 N–H and O–H groups in total. The highest BCUT2D eigenvalue weighted by Gasteiger charge is 2.27. The molecule has 0 saturated carbocycles. The Labute approximate surface area is 157 Å². The molecule has 4 nitrogen and oxygen atoms in total. The standard InChI is InChI=1S/C18H21ClN2O2S2/c1-4-13-6-8-17(24-13)25(22,23)21-11-18(2,3)15-10-20-16-7-5-12(19)9-14(15)16/h5-10,20-21H,4,11H2,1-3H3. The van der Waals surface area contributed by atoms with Gasteiger partial charge < -0.3 is 4.98 Å². The first-order valence-corrected chi connectivity index (χ1v) is 10.8. The van der Waals surface area contributed by atoms with Gasteiger partial charge in [-0.05, 0) is 42.3 Å². The number of aromatic nitrogens is 1. The van der Waals surface area contributed by atoms with Crippen molar-refractivity contribution in [1.82, 2.24) is 9.71 Å². The van der Waals surface area contributed by atoms with Gasteiger partial charge in [0.25, 0.3) is 0 Å². The maximum absolute atomic E-state index is 12.6. The van der Waals surface area contributed by atoms with Crippen molar-refractivity contribution in [3.63, 3.8) is 0 Å². The lowest BCUT2D eigenvalue weighted by molar-refractivity contribution is 0.505. The van der Waals surface area contributed by atoms with E-state index in [4.69, 9.17) is 11.6 Å². The first-order chi connectivity index (χ1) is 11.7. The second kappa shape index (κ2) is 6.76. The van der Waals surface area contributed by atoms with E-state index < -0.39 is 10.0 Å². The predicted molar refractivity (Wildman–Crippen MR) is 105 cm³/mol. The van der Waals surface area contributed by atoms with Crippen molar-refractivity contribution in [3.05, 3.63) is 52.0 Å². The van der Waals surface area contributed by atoms with Gasteiger partial charge in [-0.2, -0.15) is 0 Å². The average molecular weight is 397 g/mol. The van der Waals surface area contributed by atoms with Crippen LogP contribution in [0.25, 0.3) is 10.9 Å². The molecule has 25 heavy (non-hydrogen) atoms. The van der Waals surface area contributed by atoms with E-state index in [1.807, 2.05) is 51.2 Å². The normalized spacial score (nSPS) is 12.8. The largest absolute Gasteiger partial charge is 0.361 e. The number of benzene rings is 1. The lowest BCUT2D eigenvalue weighted by Gasteiger charge is -2.24. The fraction of sp³-hybridized carbons (Fsp3) is 0.333. The van der Waals surface area contributed by atoms with Gasteiger partial charge in [0.05, 0.1) is 0 Å². The molecule has 0 spiro atoms. The van der Waals surface area contributed by atoms with Crippen molar-refractivity contribution in [2.24, 2.45) is 0 Å². The molecular formula is C18H21ClN2O2S2. The molecule has 0 fully saturated rings. The number of rotatable bonds is 6. The van der Waals surface area contributed by atoms with Crippen molar-refractivity contribution >= 4 is 43.9 Å². The maximum Gasteiger partial charge on any atom is 0.250 e. The summed E-state index contributed by atoms with van der Waals surface area (Å²) in [5.74, 6) is 0. The highest BCUT2D eigenvalue weighted by atomic mass is 35.5. The van der Waals surface area contributed by atoms with E-state index in [-0.39, 0.29) is 5.41 Å². The number of hydrogen-bond donors (Lipinski definition) is 2. The van der Waals surface area contributed by atoms with E-state index >= 15 is 0 Å². The number of aryl methyl sites for hydroxylation is 1. The molecule has 2 heterocycles. The Morgan fingerprint density at radius 2 is 2.00 bits per heavy atom. The lowest BCUT2D eigenvalue weighted by Crippen LogP contribution is -2.36. The molecule has 0 bridgehead atoms. The fourth-order valence-corrected chi connectivity index (χ4v) is 5.51. The smallest absolute Gasteiger partial charge is 0.250 e. The molecule has 0 amide bonds. The summed E-state index contributed by atoms with van der Waals surface area (Å²) in [6.45, 7) is 6.35. The highest BCUT2D eigenvalue weighted by Crippen LogP contribution is 2.32. The van der Waals surface area contributed by atoms with Gasteiger partial charge >= 0.3 is 0 Å². The van der Waals surface area contributed by atoms with Crippen LogP contribution in [-0.2, 0) is 21.9 Å². The summed E-state index contributed by atoms with van der Waals surface area (Å²) in [6, 6.07) is 9.21. The molecule has 0 saturated heterocycles. The monoisotopic (exact) mass is 396 g/mol. The zero-order chi connectivity index (χ0) is 18.2. The van der Waals surface area contributed by atoms with Crippen molar-refractivity contribution in [2.75, 3.05) is 6.54 Å². The lowest BCUT2D eigenvalue weighted by atomic mass is 9.85. The van der Waals surface area contributed by atoms with E-state index in [9.17, 15) is 8.42 Å². The van der Waals surface area contributed by atoms with Crippen LogP contribution < -0.4 is 4.72 Å². The molecule has 3 rings (SSSR count). The number of thiophene rings is 1. The topological polar surface area (TPSA) is 62.0 Å². The van der Waals surface area contributed by atoms with Crippen molar-refractivity contribution < 1.29 is 8.42 Å². The van der Waals surface area contributed by atoms with Gasteiger partial charge in [0, 0.05) is 39.0 Å². The minimum atomic E-state index is -3.50. The van der Waals surface area contributed by atoms with E-state index in [1.165, 1.54) is 11.3 Å². The van der Waals surface area contributed by atoms with Crippen LogP contribution in [0, 0.1) is 0 Å². The Hall–Kier alpha value is -1.34. The highest BCUT2D eigenvalue weighted by molar-refractivity contribution is 7.91. The molecular weight excluding hydrogens is 376 g/mol. The number of H-pyrrole nitrogens is 1. The Morgan fingerprint density at radius 1 is 1.24 bits per heavy atom. The van der Waals surface area contributed by atoms with Gasteiger partial charge in [0.2, 0.25) is 10.0 Å². The second-order valence-corrected chi connectivity index (χ2v) is 10.3. The van der Waals surface area contributed by atoms with E-state index in [2.05, 4.69) is 9.71 Å². The van der Waals surface area contributed by atoms with Gasteiger partial charge in [0.15, 0.2) is 0 Å². The Morgan fingerprint density at radius 3 is 2.68 bits per heavy atom. The zero-order valence-corrected chi connectivity index (χ0v) is 16.8. The summed E-state index contributed by atoms with van der Waals surface area (Å²) in [5.41, 5.74) is 1.63. The summed E-state index contributed by atoms with van der Waals surface area (Å²) < 4.78 is 28.3. The minimum Gasteiger partial charge on any atom is -0.361 e. The fourth-order valence-electron chi connectivity index (χ4n) is 2.79. The van der Waals surface area contributed by atoms with Crippen LogP contribution in [0.15, 0.2) is 40.7 Å². The van der Waals surface area contributed by atoms with Crippen LogP contribution in [0.3, 0.4) is 0 Å². The number of sulfonamides is 1. The van der Waals surface area contributed by atoms with Crippen LogP contribution in [0.2, 0.25) is 5.02 Å². The second-order valence-electron chi connectivity index (χ2n) is 6.67. The van der Waals surface area contributed by atoms with Crippen molar-refractivity contribution in [3.8, 4) is 0 Å². The van der Waals surface area contributed by atoms with Crippen molar-refractivity contribution in [1.29, 1.82) is 0 Å². The van der Waals surface area contributed by atoms with Crippen molar-refractivity contribution in [2.45, 2.75) is 36.8 Å². The van der Waals surface area contributed by atoms with Crippen LogP contribution in [0.4, 0.5) is 0 Å². The third kappa shape index (κ3) is 3.77. The van der Waals surface area contributed by atoms with E-state index in [0.29, 0.717) is 15.8 Å².